The van der Waals surface area contributed by atoms with Crippen LogP contribution in [0.1, 0.15) is 44.9 Å². The monoisotopic (exact) mass is 292 g/mol. The minimum atomic E-state index is 0.329. The van der Waals surface area contributed by atoms with Gasteiger partial charge in [-0.15, -0.1) is 0 Å². The Balaban J connectivity index is 2.88. The van der Waals surface area contributed by atoms with Gasteiger partial charge in [0.05, 0.1) is 6.61 Å². The number of hydrogen-bond donors (Lipinski definition) is 1. The molecule has 0 heterocycles. The van der Waals surface area contributed by atoms with Gasteiger partial charge < -0.3 is 10.1 Å². The normalized spacial score (nSPS) is 14.7. The van der Waals surface area contributed by atoms with Crippen LogP contribution in [0.15, 0.2) is 24.3 Å². The molecule has 0 aliphatic carbocycles. The van der Waals surface area contributed by atoms with Crippen molar-refractivity contribution in [1.82, 2.24) is 10.2 Å². The second kappa shape index (κ2) is 9.19. The zero-order valence-corrected chi connectivity index (χ0v) is 14.5. The molecule has 2 atom stereocenters. The third-order valence-corrected chi connectivity index (χ3v) is 4.28. The highest BCUT2D eigenvalue weighted by molar-refractivity contribution is 5.26. The van der Waals surface area contributed by atoms with Crippen molar-refractivity contribution in [3.05, 3.63) is 35.4 Å². The molecular weight excluding hydrogens is 260 g/mol. The minimum Gasteiger partial charge on any atom is -0.383 e. The molecule has 120 valence electrons. The van der Waals surface area contributed by atoms with Gasteiger partial charge in [0, 0.05) is 31.8 Å². The molecule has 0 saturated carbocycles. The maximum Gasteiger partial charge on any atom is 0.0589 e. The summed E-state index contributed by atoms with van der Waals surface area (Å²) in [7, 11) is 3.81. The fourth-order valence-electron chi connectivity index (χ4n) is 2.97. The summed E-state index contributed by atoms with van der Waals surface area (Å²) in [5, 5.41) is 3.48. The SMILES string of the molecule is CCc1ccc(C(NC)C(C)N(CCOC)C(C)C)cc1. The lowest BCUT2D eigenvalue weighted by Gasteiger charge is -2.37. The first-order valence-corrected chi connectivity index (χ1v) is 8.05. The van der Waals surface area contributed by atoms with Crippen molar-refractivity contribution in [2.24, 2.45) is 0 Å². The molecule has 1 rings (SSSR count). The summed E-state index contributed by atoms with van der Waals surface area (Å²) < 4.78 is 5.26. The highest BCUT2D eigenvalue weighted by atomic mass is 16.5. The van der Waals surface area contributed by atoms with Crippen LogP contribution in [0, 0.1) is 0 Å². The van der Waals surface area contributed by atoms with E-state index in [-0.39, 0.29) is 0 Å². The van der Waals surface area contributed by atoms with Gasteiger partial charge in [0.25, 0.3) is 0 Å². The van der Waals surface area contributed by atoms with Crippen LogP contribution in [0.25, 0.3) is 0 Å². The Morgan fingerprint density at radius 2 is 1.76 bits per heavy atom. The molecule has 2 unspecified atom stereocenters. The Morgan fingerprint density at radius 1 is 1.14 bits per heavy atom. The average molecular weight is 292 g/mol. The molecule has 0 fully saturated rings. The van der Waals surface area contributed by atoms with Crippen molar-refractivity contribution in [2.45, 2.75) is 52.2 Å². The van der Waals surface area contributed by atoms with Crippen LogP contribution in [-0.2, 0) is 11.2 Å². The smallest absolute Gasteiger partial charge is 0.0589 e. The fraction of sp³-hybridized carbons (Fsp3) is 0.667. The minimum absolute atomic E-state index is 0.329. The maximum atomic E-state index is 5.26. The average Bonchev–Trinajstić information content (AvgIpc) is 2.48. The molecule has 21 heavy (non-hydrogen) atoms. The van der Waals surface area contributed by atoms with Crippen LogP contribution in [0.3, 0.4) is 0 Å². The van der Waals surface area contributed by atoms with Gasteiger partial charge in [0.1, 0.15) is 0 Å². The first-order chi connectivity index (χ1) is 10.0. The van der Waals surface area contributed by atoms with E-state index in [0.29, 0.717) is 18.1 Å². The number of nitrogens with zero attached hydrogens (tertiary/aromatic N) is 1. The lowest BCUT2D eigenvalue weighted by atomic mass is 9.97. The largest absolute Gasteiger partial charge is 0.383 e. The van der Waals surface area contributed by atoms with E-state index in [1.165, 1.54) is 11.1 Å². The van der Waals surface area contributed by atoms with Crippen LogP contribution in [0.2, 0.25) is 0 Å². The molecule has 0 bridgehead atoms. The molecule has 1 N–H and O–H groups in total. The van der Waals surface area contributed by atoms with Crippen molar-refractivity contribution in [3.63, 3.8) is 0 Å². The molecule has 0 amide bonds. The molecular formula is C18H32N2O. The van der Waals surface area contributed by atoms with E-state index in [1.54, 1.807) is 7.11 Å². The van der Waals surface area contributed by atoms with E-state index >= 15 is 0 Å². The van der Waals surface area contributed by atoms with Gasteiger partial charge in [-0.25, -0.2) is 0 Å². The summed E-state index contributed by atoms with van der Waals surface area (Å²) >= 11 is 0. The standard InChI is InChI=1S/C18H32N2O/c1-7-16-8-10-17(11-9-16)18(19-5)15(4)20(14(2)3)12-13-21-6/h8-11,14-15,18-19H,7,12-13H2,1-6H3. The summed E-state index contributed by atoms with van der Waals surface area (Å²) in [6.07, 6.45) is 1.09. The van der Waals surface area contributed by atoms with Crippen LogP contribution >= 0.6 is 0 Å². The molecule has 0 aliphatic rings. The van der Waals surface area contributed by atoms with Crippen molar-refractivity contribution < 1.29 is 4.74 Å². The third kappa shape index (κ3) is 5.10. The summed E-state index contributed by atoms with van der Waals surface area (Å²) in [5.74, 6) is 0. The zero-order valence-electron chi connectivity index (χ0n) is 14.5. The Morgan fingerprint density at radius 3 is 2.19 bits per heavy atom. The lowest BCUT2D eigenvalue weighted by Crippen LogP contribution is -2.47. The molecule has 3 nitrogen and oxygen atoms in total. The van der Waals surface area contributed by atoms with Crippen molar-refractivity contribution in [1.29, 1.82) is 0 Å². The summed E-state index contributed by atoms with van der Waals surface area (Å²) in [6.45, 7) is 10.7. The van der Waals surface area contributed by atoms with Crippen LogP contribution in [0.4, 0.5) is 0 Å². The first-order valence-electron chi connectivity index (χ1n) is 8.05. The topological polar surface area (TPSA) is 24.5 Å². The Kier molecular flexibility index (Phi) is 7.94. The summed E-state index contributed by atoms with van der Waals surface area (Å²) in [6, 6.07) is 10.2. The number of ether oxygens (including phenoxy) is 1. The predicted octanol–water partition coefficient (Wildman–Crippen LogP) is 3.25. The Bertz CT molecular complexity index is 389. The Hall–Kier alpha value is -0.900. The van der Waals surface area contributed by atoms with Gasteiger partial charge in [-0.3, -0.25) is 4.90 Å². The molecule has 0 saturated heterocycles. The number of hydrogen-bond acceptors (Lipinski definition) is 3. The van der Waals surface area contributed by atoms with Crippen LogP contribution in [0.5, 0.6) is 0 Å². The van der Waals surface area contributed by atoms with E-state index < -0.39 is 0 Å². The number of likely N-dealkylation sites (N-methyl/N-ethyl adjacent to an activating group) is 1. The first kappa shape index (κ1) is 18.1. The summed E-state index contributed by atoms with van der Waals surface area (Å²) in [4.78, 5) is 2.50. The van der Waals surface area contributed by atoms with E-state index in [4.69, 9.17) is 4.74 Å². The number of nitrogens with one attached hydrogen (secondary N) is 1. The van der Waals surface area contributed by atoms with E-state index in [1.807, 2.05) is 7.05 Å². The van der Waals surface area contributed by atoms with Gasteiger partial charge in [-0.05, 0) is 45.4 Å². The molecule has 0 radical (unpaired) electrons. The van der Waals surface area contributed by atoms with Crippen molar-refractivity contribution in [2.75, 3.05) is 27.3 Å². The van der Waals surface area contributed by atoms with Gasteiger partial charge in [-0.1, -0.05) is 31.2 Å². The molecule has 1 aromatic carbocycles. The Labute approximate surface area is 130 Å². The highest BCUT2D eigenvalue weighted by Gasteiger charge is 2.25. The zero-order chi connectivity index (χ0) is 15.8. The van der Waals surface area contributed by atoms with Crippen LogP contribution < -0.4 is 5.32 Å². The molecule has 0 spiro atoms. The number of rotatable bonds is 9. The number of aryl methyl sites for hydroxylation is 1. The highest BCUT2D eigenvalue weighted by Crippen LogP contribution is 2.23. The predicted molar refractivity (Wildman–Crippen MR) is 90.8 cm³/mol. The van der Waals surface area contributed by atoms with E-state index in [9.17, 15) is 0 Å². The molecule has 3 heteroatoms. The quantitative estimate of drug-likeness (QED) is 0.756. The van der Waals surface area contributed by atoms with Crippen LogP contribution in [-0.4, -0.2) is 44.3 Å². The number of methoxy groups -OCH3 is 1. The van der Waals surface area contributed by atoms with Crippen molar-refractivity contribution >= 4 is 0 Å². The summed E-state index contributed by atoms with van der Waals surface area (Å²) in [5.41, 5.74) is 2.74. The second-order valence-corrected chi connectivity index (χ2v) is 5.93. The lowest BCUT2D eigenvalue weighted by molar-refractivity contribution is 0.0864. The molecule has 0 aliphatic heterocycles. The maximum absolute atomic E-state index is 5.26. The van der Waals surface area contributed by atoms with E-state index in [0.717, 1.165) is 19.6 Å². The number of benzene rings is 1. The second-order valence-electron chi connectivity index (χ2n) is 5.93. The molecule has 1 aromatic rings. The van der Waals surface area contributed by atoms with Gasteiger partial charge >= 0.3 is 0 Å². The van der Waals surface area contributed by atoms with Gasteiger partial charge in [0.15, 0.2) is 0 Å². The van der Waals surface area contributed by atoms with Gasteiger partial charge in [0.2, 0.25) is 0 Å². The van der Waals surface area contributed by atoms with Gasteiger partial charge in [-0.2, -0.15) is 0 Å². The third-order valence-electron chi connectivity index (χ3n) is 4.28. The van der Waals surface area contributed by atoms with E-state index in [2.05, 4.69) is 62.2 Å². The fourth-order valence-corrected chi connectivity index (χ4v) is 2.97. The van der Waals surface area contributed by atoms with Crippen molar-refractivity contribution in [3.8, 4) is 0 Å². The molecule has 0 aromatic heterocycles.